The van der Waals surface area contributed by atoms with E-state index in [4.69, 9.17) is 0 Å². The maximum absolute atomic E-state index is 4.44. The fraction of sp³-hybridized carbons (Fsp3) is 0.0833. The second-order valence-electron chi connectivity index (χ2n) is 21.5. The van der Waals surface area contributed by atoms with E-state index < -0.39 is 0 Å². The third-order valence-electron chi connectivity index (χ3n) is 14.2. The van der Waals surface area contributed by atoms with Crippen LogP contribution in [0, 0.1) is 48.5 Å². The molecule has 14 aromatic rings. The molecule has 14 rings (SSSR count). The molecule has 0 saturated carbocycles. The molecule has 0 aliphatic carbocycles. The van der Waals surface area contributed by atoms with Crippen molar-refractivity contribution < 1.29 is 0 Å². The van der Waals surface area contributed by atoms with E-state index in [-0.39, 0.29) is 0 Å². The predicted molar refractivity (Wildman–Crippen MR) is 381 cm³/mol. The number of benzene rings is 7. The van der Waals surface area contributed by atoms with Crippen molar-refractivity contribution in [2.24, 2.45) is 0 Å². The molecule has 0 N–H and O–H groups in total. The summed E-state index contributed by atoms with van der Waals surface area (Å²) in [5.74, 6) is 0. The van der Waals surface area contributed by atoms with Crippen LogP contribution in [0.4, 0.5) is 0 Å². The summed E-state index contributed by atoms with van der Waals surface area (Å²) in [4.78, 5) is 29.4. The molecule has 7 aromatic carbocycles. The van der Waals surface area contributed by atoms with Gasteiger partial charge < -0.3 is 0 Å². The molecule has 448 valence electrons. The van der Waals surface area contributed by atoms with Gasteiger partial charge in [-0.15, -0.1) is 0 Å². The maximum atomic E-state index is 4.44. The first kappa shape index (κ1) is 65.6. The predicted octanol–water partition coefficient (Wildman–Crippen LogP) is 21.4. The third kappa shape index (κ3) is 22.1. The minimum Gasteiger partial charge on any atom is -0.265 e. The Morgan fingerprint density at radius 3 is 1.20 bits per heavy atom. The summed E-state index contributed by atoms with van der Waals surface area (Å²) in [6.45, 7) is 14.6. The van der Waals surface area contributed by atoms with Crippen LogP contribution >= 0.6 is 0 Å². The lowest BCUT2D eigenvalue weighted by molar-refractivity contribution is 1.21. The highest BCUT2D eigenvalue weighted by Gasteiger charge is 2.03. The van der Waals surface area contributed by atoms with E-state index in [9.17, 15) is 0 Å². The zero-order valence-corrected chi connectivity index (χ0v) is 53.0. The van der Waals surface area contributed by atoms with Gasteiger partial charge in [-0.25, -0.2) is 0 Å². The number of hydrogen-bond acceptors (Lipinski definition) is 7. The molecule has 0 spiro atoms. The van der Waals surface area contributed by atoms with Crippen LogP contribution in [0.2, 0.25) is 0 Å². The summed E-state index contributed by atoms with van der Waals surface area (Å²) >= 11 is 0. The Bertz CT molecular complexity index is 3950. The summed E-state index contributed by atoms with van der Waals surface area (Å²) in [7, 11) is 0. The van der Waals surface area contributed by atoms with Crippen molar-refractivity contribution in [1.29, 1.82) is 0 Å². The van der Waals surface area contributed by atoms with Gasteiger partial charge in [-0.3, -0.25) is 34.9 Å². The fourth-order valence-corrected chi connectivity index (χ4v) is 9.35. The Morgan fingerprint density at radius 2 is 0.670 bits per heavy atom. The lowest BCUT2D eigenvalue weighted by Gasteiger charge is -2.03. The zero-order chi connectivity index (χ0) is 63.7. The van der Waals surface area contributed by atoms with Gasteiger partial charge in [-0.2, -0.15) is 0 Å². The van der Waals surface area contributed by atoms with Crippen molar-refractivity contribution >= 4 is 0 Å². The van der Waals surface area contributed by atoms with Crippen LogP contribution in [0.5, 0.6) is 0 Å². The van der Waals surface area contributed by atoms with Crippen molar-refractivity contribution in [3.8, 4) is 78.3 Å². The Balaban J connectivity index is 0.000000137. The Labute approximate surface area is 538 Å². The lowest BCUT2D eigenvalue weighted by atomic mass is 10.0. The molecule has 0 atom stereocenters. The largest absolute Gasteiger partial charge is 0.265 e. The average molecular weight is 1180 g/mol. The van der Waals surface area contributed by atoms with E-state index in [1.54, 1.807) is 18.6 Å². The quantitative estimate of drug-likeness (QED) is 0.157. The number of hydrogen-bond donors (Lipinski definition) is 0. The Kier molecular flexibility index (Phi) is 26.0. The van der Waals surface area contributed by atoms with Gasteiger partial charge in [0.25, 0.3) is 0 Å². The second kappa shape index (κ2) is 36.0. The van der Waals surface area contributed by atoms with Crippen LogP contribution in [0.25, 0.3) is 78.3 Å². The number of pyridine rings is 7. The summed E-state index contributed by atoms with van der Waals surface area (Å²) in [6, 6.07) is 94.7. The van der Waals surface area contributed by atoms with E-state index in [1.165, 1.54) is 94.6 Å². The van der Waals surface area contributed by atoms with E-state index >= 15 is 0 Å². The first-order valence-corrected chi connectivity index (χ1v) is 30.4. The van der Waals surface area contributed by atoms with Gasteiger partial charge in [0.2, 0.25) is 0 Å². The molecule has 0 aliphatic rings. The van der Waals surface area contributed by atoms with Gasteiger partial charge in [0, 0.05) is 89.9 Å². The molecule has 7 nitrogen and oxygen atoms in total. The number of aromatic nitrogens is 7. The van der Waals surface area contributed by atoms with Gasteiger partial charge in [-0.05, 0) is 165 Å². The summed E-state index contributed by atoms with van der Waals surface area (Å²) in [6.07, 6.45) is 18.3. The maximum Gasteiger partial charge on any atom is 0.0731 e. The minimum atomic E-state index is 1.04. The molecule has 7 aromatic heterocycles. The van der Waals surface area contributed by atoms with Crippen molar-refractivity contribution in [2.75, 3.05) is 0 Å². The third-order valence-corrected chi connectivity index (χ3v) is 14.2. The van der Waals surface area contributed by atoms with Crippen LogP contribution in [0.15, 0.2) is 341 Å². The van der Waals surface area contributed by atoms with Gasteiger partial charge in [0.1, 0.15) is 0 Å². The zero-order valence-electron chi connectivity index (χ0n) is 53.0. The first-order chi connectivity index (χ1) is 44.6. The Morgan fingerprint density at radius 1 is 0.220 bits per heavy atom. The first-order valence-electron chi connectivity index (χ1n) is 30.4. The average Bonchev–Trinajstić information content (AvgIpc) is 3.42. The van der Waals surface area contributed by atoms with Gasteiger partial charge >= 0.3 is 0 Å². The molecule has 0 fully saturated rings. The lowest BCUT2D eigenvalue weighted by Crippen LogP contribution is -1.85. The molecule has 0 radical (unpaired) electrons. The number of nitrogens with zero attached hydrogens (tertiary/aromatic N) is 7. The summed E-state index contributed by atoms with van der Waals surface area (Å²) < 4.78 is 0. The molecule has 0 aliphatic heterocycles. The summed E-state index contributed by atoms with van der Waals surface area (Å²) in [5, 5.41) is 0. The molecule has 0 bridgehead atoms. The van der Waals surface area contributed by atoms with Crippen molar-refractivity contribution in [2.45, 2.75) is 48.5 Å². The molecule has 91 heavy (non-hydrogen) atoms. The topological polar surface area (TPSA) is 90.2 Å². The fourth-order valence-electron chi connectivity index (χ4n) is 9.35. The number of aryl methyl sites for hydroxylation is 7. The van der Waals surface area contributed by atoms with Crippen LogP contribution in [0.1, 0.15) is 39.1 Å². The Hall–Kier alpha value is -11.4. The van der Waals surface area contributed by atoms with Crippen LogP contribution in [0.3, 0.4) is 0 Å². The van der Waals surface area contributed by atoms with E-state index in [0.717, 1.165) is 22.8 Å². The smallest absolute Gasteiger partial charge is 0.0731 e. The van der Waals surface area contributed by atoms with Gasteiger partial charge in [0.15, 0.2) is 0 Å². The molecule has 7 heteroatoms. The standard InChI is InChI=1S/7C12H11N/c1-10-2-4-11(5-3-10)12-6-8-13-9-7-12;1-10-4-2-5-11(8-10)12-6-3-7-13-9-12;1-10-4-6-11(7-5-10)12-3-2-8-13-9-12;1-10-5-2-3-7-12(10)11-6-4-8-13-9-11;1-10-6-5-9-13-12(10)11-7-3-2-4-8-11;1-10-6-5-9-12(13-10)11-7-3-2-4-8-11;1-10-7-8-13-12(9-10)11-5-3-2-4-6-11/h7*2-9H,1H3. The molecule has 0 unspecified atom stereocenters. The minimum absolute atomic E-state index is 1.04. The molecule has 7 heterocycles. The van der Waals surface area contributed by atoms with E-state index in [1.807, 2.05) is 166 Å². The summed E-state index contributed by atoms with van der Waals surface area (Å²) in [5.41, 5.74) is 25.0. The van der Waals surface area contributed by atoms with Crippen LogP contribution in [-0.4, -0.2) is 34.9 Å². The van der Waals surface area contributed by atoms with Crippen molar-refractivity contribution in [3.63, 3.8) is 0 Å². The van der Waals surface area contributed by atoms with Crippen LogP contribution in [-0.2, 0) is 0 Å². The highest BCUT2D eigenvalue weighted by Crippen LogP contribution is 2.24. The normalized spacial score (nSPS) is 9.92. The molecular weight excluding hydrogens is 1110 g/mol. The molecule has 0 amide bonds. The molecular formula is C84H77N7. The van der Waals surface area contributed by atoms with Crippen LogP contribution < -0.4 is 0 Å². The SMILES string of the molecule is Cc1ccc(-c2cccnc2)cc1.Cc1ccc(-c2ccncc2)cc1.Cc1cccc(-c2ccccc2)n1.Cc1cccc(-c2cccnc2)c1.Cc1ccccc1-c1cccnc1.Cc1cccnc1-c1ccccc1.Cc1ccnc(-c2ccccc2)c1. The highest BCUT2D eigenvalue weighted by atomic mass is 14.7. The van der Waals surface area contributed by atoms with Crippen molar-refractivity contribution in [1.82, 2.24) is 34.9 Å². The number of rotatable bonds is 7. The second-order valence-corrected chi connectivity index (χ2v) is 21.5. The monoisotopic (exact) mass is 1180 g/mol. The van der Waals surface area contributed by atoms with Gasteiger partial charge in [-0.1, -0.05) is 235 Å². The van der Waals surface area contributed by atoms with E-state index in [0.29, 0.717) is 0 Å². The van der Waals surface area contributed by atoms with Gasteiger partial charge in [0.05, 0.1) is 17.1 Å². The molecule has 0 saturated heterocycles. The highest BCUT2D eigenvalue weighted by molar-refractivity contribution is 5.67. The van der Waals surface area contributed by atoms with E-state index in [2.05, 4.69) is 240 Å². The van der Waals surface area contributed by atoms with Crippen molar-refractivity contribution in [3.05, 3.63) is 380 Å².